The van der Waals surface area contributed by atoms with E-state index in [1.54, 1.807) is 0 Å². The monoisotopic (exact) mass is 362 g/mol. The summed E-state index contributed by atoms with van der Waals surface area (Å²) in [6.45, 7) is 12.7. The van der Waals surface area contributed by atoms with Gasteiger partial charge in [0.2, 0.25) is 0 Å². The van der Waals surface area contributed by atoms with Crippen molar-refractivity contribution in [1.29, 1.82) is 0 Å². The molecule has 0 spiro atoms. The van der Waals surface area contributed by atoms with E-state index in [9.17, 15) is 0 Å². The van der Waals surface area contributed by atoms with Gasteiger partial charge in [0.15, 0.2) is 0 Å². The summed E-state index contributed by atoms with van der Waals surface area (Å²) < 4.78 is 0. The van der Waals surface area contributed by atoms with Crippen LogP contribution in [-0.2, 0) is 0 Å². The highest BCUT2D eigenvalue weighted by Gasteiger charge is 2.08. The van der Waals surface area contributed by atoms with Crippen LogP contribution in [0, 0.1) is 25.7 Å². The highest BCUT2D eigenvalue weighted by molar-refractivity contribution is 4.81. The van der Waals surface area contributed by atoms with Gasteiger partial charge in [-0.2, -0.15) is 0 Å². The Hall–Kier alpha value is -0.260. The second-order valence-corrected chi connectivity index (χ2v) is 8.67. The van der Waals surface area contributed by atoms with Crippen molar-refractivity contribution in [3.63, 3.8) is 0 Å². The SMILES string of the molecule is [CH2]CCCC=CCCCCCCCCCCCC(C)CC(C)CCC[CH2]. The maximum atomic E-state index is 3.95. The van der Waals surface area contributed by atoms with Gasteiger partial charge in [-0.15, -0.1) is 0 Å². The Balaban J connectivity index is 3.22. The van der Waals surface area contributed by atoms with E-state index in [0.29, 0.717) is 0 Å². The predicted octanol–water partition coefficient (Wildman–Crippen LogP) is 9.50. The standard InChI is InChI=1S/C26H50/c1-5-7-9-10-11-12-13-14-15-16-17-18-19-20-21-23-26(4)24-25(3)22-8-6-2/h10-11,25-26H,1-2,5-9,12-24H2,3-4H3. The van der Waals surface area contributed by atoms with Gasteiger partial charge in [-0.1, -0.05) is 123 Å². The Kier molecular flexibility index (Phi) is 20.8. The van der Waals surface area contributed by atoms with Gasteiger partial charge in [0, 0.05) is 0 Å². The van der Waals surface area contributed by atoms with Gasteiger partial charge < -0.3 is 0 Å². The van der Waals surface area contributed by atoms with Crippen LogP contribution in [0.2, 0.25) is 0 Å². The van der Waals surface area contributed by atoms with Crippen molar-refractivity contribution in [3.8, 4) is 0 Å². The van der Waals surface area contributed by atoms with Crippen LogP contribution in [0.5, 0.6) is 0 Å². The van der Waals surface area contributed by atoms with Crippen molar-refractivity contribution >= 4 is 0 Å². The smallest absolute Gasteiger partial charge is 0.0351 e. The summed E-state index contributed by atoms with van der Waals surface area (Å²) in [4.78, 5) is 0. The third-order valence-electron chi connectivity index (χ3n) is 5.61. The van der Waals surface area contributed by atoms with Crippen LogP contribution in [-0.4, -0.2) is 0 Å². The Bertz CT molecular complexity index is 278. The largest absolute Gasteiger partial charge is 0.0885 e. The molecule has 0 amide bonds. The van der Waals surface area contributed by atoms with Crippen LogP contribution in [0.15, 0.2) is 12.2 Å². The van der Waals surface area contributed by atoms with Crippen LogP contribution < -0.4 is 0 Å². The molecule has 0 aliphatic rings. The van der Waals surface area contributed by atoms with E-state index in [4.69, 9.17) is 0 Å². The topological polar surface area (TPSA) is 0 Å². The van der Waals surface area contributed by atoms with Crippen LogP contribution in [0.3, 0.4) is 0 Å². The molecule has 0 aliphatic heterocycles. The molecule has 0 saturated heterocycles. The van der Waals surface area contributed by atoms with E-state index in [1.807, 2.05) is 0 Å². The van der Waals surface area contributed by atoms with E-state index in [1.165, 1.54) is 103 Å². The Labute approximate surface area is 167 Å². The number of hydrogen-bond acceptors (Lipinski definition) is 0. The molecule has 2 atom stereocenters. The summed E-state index contributed by atoms with van der Waals surface area (Å²) in [6, 6.07) is 0. The zero-order chi connectivity index (χ0) is 19.3. The number of allylic oxidation sites excluding steroid dienone is 2. The van der Waals surface area contributed by atoms with Crippen LogP contribution in [0.1, 0.15) is 129 Å². The molecule has 0 aromatic carbocycles. The van der Waals surface area contributed by atoms with Crippen molar-refractivity contribution in [3.05, 3.63) is 26.0 Å². The molecule has 0 nitrogen and oxygen atoms in total. The third kappa shape index (κ3) is 20.1. The van der Waals surface area contributed by atoms with Crippen molar-refractivity contribution in [2.24, 2.45) is 11.8 Å². The molecule has 0 saturated carbocycles. The third-order valence-corrected chi connectivity index (χ3v) is 5.61. The van der Waals surface area contributed by atoms with Gasteiger partial charge in [-0.3, -0.25) is 0 Å². The predicted molar refractivity (Wildman–Crippen MR) is 121 cm³/mol. The first-order chi connectivity index (χ1) is 12.7. The van der Waals surface area contributed by atoms with Gasteiger partial charge in [-0.05, 0) is 43.9 Å². The van der Waals surface area contributed by atoms with E-state index in [-0.39, 0.29) is 0 Å². The highest BCUT2D eigenvalue weighted by Crippen LogP contribution is 2.22. The maximum absolute atomic E-state index is 3.95. The molecule has 0 fully saturated rings. The molecule has 0 aromatic heterocycles. The zero-order valence-corrected chi connectivity index (χ0v) is 18.5. The van der Waals surface area contributed by atoms with Gasteiger partial charge in [-0.25, -0.2) is 0 Å². The fraction of sp³-hybridized carbons (Fsp3) is 0.846. The van der Waals surface area contributed by atoms with Crippen LogP contribution >= 0.6 is 0 Å². The molecule has 2 radical (unpaired) electrons. The van der Waals surface area contributed by atoms with Crippen LogP contribution in [0.4, 0.5) is 0 Å². The van der Waals surface area contributed by atoms with E-state index in [0.717, 1.165) is 24.7 Å². The Morgan fingerprint density at radius 3 is 1.50 bits per heavy atom. The second kappa shape index (κ2) is 21.0. The van der Waals surface area contributed by atoms with Crippen molar-refractivity contribution < 1.29 is 0 Å². The molecule has 26 heavy (non-hydrogen) atoms. The molecule has 154 valence electrons. The molecule has 0 rings (SSSR count). The minimum atomic E-state index is 0.899. The highest BCUT2D eigenvalue weighted by atomic mass is 14.1. The summed E-state index contributed by atoms with van der Waals surface area (Å²) in [6.07, 6.45) is 29.1. The Morgan fingerprint density at radius 1 is 0.538 bits per heavy atom. The molecule has 0 aliphatic carbocycles. The van der Waals surface area contributed by atoms with Gasteiger partial charge in [0.1, 0.15) is 0 Å². The molecule has 0 heterocycles. The van der Waals surface area contributed by atoms with Crippen LogP contribution in [0.25, 0.3) is 0 Å². The summed E-state index contributed by atoms with van der Waals surface area (Å²) in [7, 11) is 0. The lowest BCUT2D eigenvalue weighted by atomic mass is 9.90. The summed E-state index contributed by atoms with van der Waals surface area (Å²) in [5.74, 6) is 1.82. The molecular formula is C26H50. The lowest BCUT2D eigenvalue weighted by Crippen LogP contribution is -2.03. The molecular weight excluding hydrogens is 312 g/mol. The minimum absolute atomic E-state index is 0.899. The van der Waals surface area contributed by atoms with E-state index >= 15 is 0 Å². The van der Waals surface area contributed by atoms with Gasteiger partial charge >= 0.3 is 0 Å². The number of hydrogen-bond donors (Lipinski definition) is 0. The molecule has 0 bridgehead atoms. The molecule has 0 N–H and O–H groups in total. The van der Waals surface area contributed by atoms with Crippen molar-refractivity contribution in [2.75, 3.05) is 0 Å². The average Bonchev–Trinajstić information content (AvgIpc) is 2.63. The second-order valence-electron chi connectivity index (χ2n) is 8.67. The first-order valence-electron chi connectivity index (χ1n) is 11.9. The summed E-state index contributed by atoms with van der Waals surface area (Å²) in [5.41, 5.74) is 0. The van der Waals surface area contributed by atoms with Crippen molar-refractivity contribution in [1.82, 2.24) is 0 Å². The normalized spacial score (nSPS) is 14.2. The minimum Gasteiger partial charge on any atom is -0.0885 e. The number of rotatable bonds is 20. The zero-order valence-electron chi connectivity index (χ0n) is 18.5. The quantitative estimate of drug-likeness (QED) is 0.149. The van der Waals surface area contributed by atoms with E-state index in [2.05, 4.69) is 39.8 Å². The summed E-state index contributed by atoms with van der Waals surface area (Å²) >= 11 is 0. The Morgan fingerprint density at radius 2 is 0.962 bits per heavy atom. The fourth-order valence-corrected chi connectivity index (χ4v) is 3.91. The molecule has 2 unspecified atom stereocenters. The first kappa shape index (κ1) is 25.7. The van der Waals surface area contributed by atoms with E-state index < -0.39 is 0 Å². The molecule has 0 heteroatoms. The first-order valence-corrected chi connectivity index (χ1v) is 11.9. The lowest BCUT2D eigenvalue weighted by molar-refractivity contribution is 0.361. The summed E-state index contributed by atoms with van der Waals surface area (Å²) in [5, 5.41) is 0. The van der Waals surface area contributed by atoms with Crippen molar-refractivity contribution in [2.45, 2.75) is 129 Å². The fourth-order valence-electron chi connectivity index (χ4n) is 3.91. The molecule has 0 aromatic rings. The number of unbranched alkanes of at least 4 members (excludes halogenated alkanes) is 12. The van der Waals surface area contributed by atoms with Gasteiger partial charge in [0.25, 0.3) is 0 Å². The van der Waals surface area contributed by atoms with Gasteiger partial charge in [0.05, 0.1) is 0 Å². The average molecular weight is 363 g/mol. The lowest BCUT2D eigenvalue weighted by Gasteiger charge is -2.16. The maximum Gasteiger partial charge on any atom is -0.0351 e.